The predicted octanol–water partition coefficient (Wildman–Crippen LogP) is 3.32. The highest BCUT2D eigenvalue weighted by atomic mass is 35.5. The summed E-state index contributed by atoms with van der Waals surface area (Å²) < 4.78 is 0. The molecule has 0 heterocycles. The molecule has 0 saturated carbocycles. The second-order valence-electron chi connectivity index (χ2n) is 3.11. The van der Waals surface area contributed by atoms with E-state index in [-0.39, 0.29) is 0 Å². The second kappa shape index (κ2) is 3.81. The van der Waals surface area contributed by atoms with E-state index in [4.69, 9.17) is 11.6 Å². The molecule has 0 N–H and O–H groups in total. The van der Waals surface area contributed by atoms with Gasteiger partial charge in [0, 0.05) is 0 Å². The number of carbonyl (C=O) groups is 1. The largest absolute Gasteiger partial charge is 0.301 e. The van der Waals surface area contributed by atoms with E-state index >= 15 is 0 Å². The molecule has 0 saturated heterocycles. The van der Waals surface area contributed by atoms with E-state index < -0.39 is 5.38 Å². The van der Waals surface area contributed by atoms with Gasteiger partial charge in [-0.15, -0.1) is 11.6 Å². The lowest BCUT2D eigenvalue weighted by atomic mass is 10.0. The maximum atomic E-state index is 10.6. The molecule has 1 atom stereocenters. The number of hydrogen-bond donors (Lipinski definition) is 0. The molecule has 2 aromatic rings. The van der Waals surface area contributed by atoms with Crippen LogP contribution in [-0.4, -0.2) is 6.29 Å². The van der Waals surface area contributed by atoms with Crippen LogP contribution in [0.1, 0.15) is 10.9 Å². The Kier molecular flexibility index (Phi) is 2.51. The molecule has 0 aliphatic rings. The molecule has 0 bridgehead atoms. The molecule has 2 aromatic carbocycles. The van der Waals surface area contributed by atoms with Gasteiger partial charge in [-0.3, -0.25) is 0 Å². The maximum Gasteiger partial charge on any atom is 0.142 e. The Morgan fingerprint density at radius 2 is 1.79 bits per heavy atom. The van der Waals surface area contributed by atoms with Crippen LogP contribution in [0.3, 0.4) is 0 Å². The highest BCUT2D eigenvalue weighted by Gasteiger charge is 2.08. The Balaban J connectivity index is 2.70. The minimum Gasteiger partial charge on any atom is -0.301 e. The fourth-order valence-corrected chi connectivity index (χ4v) is 1.75. The number of carbonyl (C=O) groups excluding carboxylic acids is 1. The van der Waals surface area contributed by atoms with E-state index in [0.29, 0.717) is 0 Å². The van der Waals surface area contributed by atoms with Gasteiger partial charge in [0.05, 0.1) is 0 Å². The number of aldehydes is 1. The highest BCUT2D eigenvalue weighted by molar-refractivity contribution is 6.28. The topological polar surface area (TPSA) is 17.1 Å². The van der Waals surface area contributed by atoms with Crippen LogP contribution < -0.4 is 0 Å². The van der Waals surface area contributed by atoms with Crippen molar-refractivity contribution in [2.24, 2.45) is 0 Å². The molecule has 1 nitrogen and oxygen atoms in total. The van der Waals surface area contributed by atoms with Gasteiger partial charge in [0.2, 0.25) is 0 Å². The monoisotopic (exact) mass is 204 g/mol. The van der Waals surface area contributed by atoms with Gasteiger partial charge in [0.25, 0.3) is 0 Å². The first-order valence-electron chi connectivity index (χ1n) is 4.40. The summed E-state index contributed by atoms with van der Waals surface area (Å²) in [6.07, 6.45) is 0.753. The SMILES string of the molecule is O=CC(Cl)c1cccc2ccccc12. The Hall–Kier alpha value is -1.34. The van der Waals surface area contributed by atoms with E-state index in [9.17, 15) is 4.79 Å². The molecular weight excluding hydrogens is 196 g/mol. The normalized spacial score (nSPS) is 12.6. The van der Waals surface area contributed by atoms with Gasteiger partial charge in [-0.25, -0.2) is 0 Å². The number of fused-ring (bicyclic) bond motifs is 1. The minimum atomic E-state index is -0.555. The molecule has 0 amide bonds. The third kappa shape index (κ3) is 1.51. The van der Waals surface area contributed by atoms with Crippen molar-refractivity contribution in [2.75, 3.05) is 0 Å². The number of benzene rings is 2. The van der Waals surface area contributed by atoms with Gasteiger partial charge in [-0.1, -0.05) is 42.5 Å². The molecular formula is C12H9ClO. The number of rotatable bonds is 2. The molecule has 0 radical (unpaired) electrons. The van der Waals surface area contributed by atoms with E-state index in [2.05, 4.69) is 0 Å². The van der Waals surface area contributed by atoms with Crippen LogP contribution in [0.5, 0.6) is 0 Å². The summed E-state index contributed by atoms with van der Waals surface area (Å²) in [6, 6.07) is 13.7. The molecule has 70 valence electrons. The van der Waals surface area contributed by atoms with Crippen LogP contribution in [0.2, 0.25) is 0 Å². The lowest BCUT2D eigenvalue weighted by Gasteiger charge is -2.06. The minimum absolute atomic E-state index is 0.555. The maximum absolute atomic E-state index is 10.6. The second-order valence-corrected chi connectivity index (χ2v) is 3.58. The van der Waals surface area contributed by atoms with Crippen molar-refractivity contribution in [3.05, 3.63) is 48.0 Å². The van der Waals surface area contributed by atoms with Crippen LogP contribution in [-0.2, 0) is 4.79 Å². The lowest BCUT2D eigenvalue weighted by Crippen LogP contribution is -1.92. The number of alkyl halides is 1. The van der Waals surface area contributed by atoms with Crippen molar-refractivity contribution in [3.8, 4) is 0 Å². The zero-order chi connectivity index (χ0) is 9.97. The first kappa shape index (κ1) is 9.22. The van der Waals surface area contributed by atoms with Crippen LogP contribution in [0, 0.1) is 0 Å². The van der Waals surface area contributed by atoms with Gasteiger partial charge in [-0.05, 0) is 16.3 Å². The van der Waals surface area contributed by atoms with Crippen molar-refractivity contribution in [1.29, 1.82) is 0 Å². The van der Waals surface area contributed by atoms with Gasteiger partial charge >= 0.3 is 0 Å². The molecule has 0 aliphatic heterocycles. The van der Waals surface area contributed by atoms with E-state index in [1.807, 2.05) is 42.5 Å². The summed E-state index contributed by atoms with van der Waals surface area (Å²) in [6.45, 7) is 0. The molecule has 0 spiro atoms. The lowest BCUT2D eigenvalue weighted by molar-refractivity contribution is -0.107. The summed E-state index contributed by atoms with van der Waals surface area (Å²) in [5.41, 5.74) is 0.875. The Morgan fingerprint density at radius 1 is 1.07 bits per heavy atom. The zero-order valence-corrected chi connectivity index (χ0v) is 8.24. The third-order valence-electron chi connectivity index (χ3n) is 2.24. The molecule has 0 aliphatic carbocycles. The fourth-order valence-electron chi connectivity index (χ4n) is 1.56. The van der Waals surface area contributed by atoms with Crippen molar-refractivity contribution in [1.82, 2.24) is 0 Å². The number of hydrogen-bond acceptors (Lipinski definition) is 1. The van der Waals surface area contributed by atoms with Crippen molar-refractivity contribution in [3.63, 3.8) is 0 Å². The smallest absolute Gasteiger partial charge is 0.142 e. The molecule has 2 rings (SSSR count). The molecule has 14 heavy (non-hydrogen) atoms. The summed E-state index contributed by atoms with van der Waals surface area (Å²) in [5, 5.41) is 1.60. The van der Waals surface area contributed by atoms with Crippen molar-refractivity contribution < 1.29 is 4.79 Å². The van der Waals surface area contributed by atoms with Crippen LogP contribution in [0.4, 0.5) is 0 Å². The standard InChI is InChI=1S/C12H9ClO/c13-12(8-14)11-7-3-5-9-4-1-2-6-10(9)11/h1-8,12H. The molecule has 0 aromatic heterocycles. The average Bonchev–Trinajstić information content (AvgIpc) is 2.27. The number of halogens is 1. The Labute approximate surface area is 87.3 Å². The zero-order valence-electron chi connectivity index (χ0n) is 7.48. The highest BCUT2D eigenvalue weighted by Crippen LogP contribution is 2.26. The third-order valence-corrected chi connectivity index (χ3v) is 2.58. The van der Waals surface area contributed by atoms with Crippen molar-refractivity contribution >= 4 is 28.7 Å². The molecule has 1 unspecified atom stereocenters. The van der Waals surface area contributed by atoms with E-state index in [1.54, 1.807) is 0 Å². The summed E-state index contributed by atoms with van der Waals surface area (Å²) >= 11 is 5.90. The van der Waals surface area contributed by atoms with Gasteiger partial charge in [0.1, 0.15) is 11.7 Å². The predicted molar refractivity (Wildman–Crippen MR) is 58.6 cm³/mol. The van der Waals surface area contributed by atoms with Crippen molar-refractivity contribution in [2.45, 2.75) is 5.38 Å². The summed E-state index contributed by atoms with van der Waals surface area (Å²) in [4.78, 5) is 10.6. The average molecular weight is 205 g/mol. The van der Waals surface area contributed by atoms with Crippen LogP contribution >= 0.6 is 11.6 Å². The first-order chi connectivity index (χ1) is 6.83. The molecule has 2 heteroatoms. The summed E-state index contributed by atoms with van der Waals surface area (Å²) in [7, 11) is 0. The first-order valence-corrected chi connectivity index (χ1v) is 4.83. The molecule has 0 fully saturated rings. The summed E-state index contributed by atoms with van der Waals surface area (Å²) in [5.74, 6) is 0. The Bertz CT molecular complexity index is 459. The quantitative estimate of drug-likeness (QED) is 0.542. The van der Waals surface area contributed by atoms with Crippen LogP contribution in [0.15, 0.2) is 42.5 Å². The van der Waals surface area contributed by atoms with Gasteiger partial charge in [0.15, 0.2) is 0 Å². The fraction of sp³-hybridized carbons (Fsp3) is 0.0833. The van der Waals surface area contributed by atoms with Gasteiger partial charge in [-0.2, -0.15) is 0 Å². The Morgan fingerprint density at radius 3 is 2.57 bits per heavy atom. The van der Waals surface area contributed by atoms with E-state index in [0.717, 1.165) is 22.6 Å². The van der Waals surface area contributed by atoms with E-state index in [1.165, 1.54) is 0 Å². The van der Waals surface area contributed by atoms with Crippen LogP contribution in [0.25, 0.3) is 10.8 Å². The van der Waals surface area contributed by atoms with Gasteiger partial charge < -0.3 is 4.79 Å².